The number of aryl methyl sites for hydroxylation is 1. The van der Waals surface area contributed by atoms with Gasteiger partial charge in [-0.15, -0.1) is 0 Å². The lowest BCUT2D eigenvalue weighted by molar-refractivity contribution is -0.115. The molecule has 0 aliphatic rings. The van der Waals surface area contributed by atoms with E-state index in [-0.39, 0.29) is 5.91 Å². The van der Waals surface area contributed by atoms with Crippen LogP contribution in [0.25, 0.3) is 11.1 Å². The van der Waals surface area contributed by atoms with Crippen molar-refractivity contribution in [2.24, 2.45) is 0 Å². The predicted molar refractivity (Wildman–Crippen MR) is 107 cm³/mol. The first-order valence-corrected chi connectivity index (χ1v) is 8.93. The molecule has 0 saturated carbocycles. The van der Waals surface area contributed by atoms with E-state index in [1.165, 1.54) is 5.56 Å². The summed E-state index contributed by atoms with van der Waals surface area (Å²) in [6.45, 7) is 6.31. The zero-order valence-electron chi connectivity index (χ0n) is 15.5. The second-order valence-corrected chi connectivity index (χ2v) is 6.88. The van der Waals surface area contributed by atoms with Gasteiger partial charge in [0.05, 0.1) is 6.42 Å². The van der Waals surface area contributed by atoms with E-state index in [0.717, 1.165) is 28.1 Å². The van der Waals surface area contributed by atoms with Gasteiger partial charge in [0.25, 0.3) is 0 Å². The molecule has 0 aliphatic carbocycles. The van der Waals surface area contributed by atoms with Crippen LogP contribution in [-0.4, -0.2) is 10.9 Å². The molecule has 0 radical (unpaired) electrons. The number of hydrogen-bond donors (Lipinski definition) is 1. The number of carbonyl (C=O) groups is 1. The van der Waals surface area contributed by atoms with Crippen LogP contribution >= 0.6 is 0 Å². The Hall–Kier alpha value is -2.94. The van der Waals surface area contributed by atoms with Crippen molar-refractivity contribution in [2.45, 2.75) is 33.1 Å². The first-order chi connectivity index (χ1) is 12.5. The fourth-order valence-electron chi connectivity index (χ4n) is 2.88. The van der Waals surface area contributed by atoms with Crippen LogP contribution in [0.15, 0.2) is 66.9 Å². The van der Waals surface area contributed by atoms with Gasteiger partial charge < -0.3 is 5.32 Å². The molecule has 3 nitrogen and oxygen atoms in total. The molecule has 26 heavy (non-hydrogen) atoms. The molecular formula is C23H24N2O. The number of hydrogen-bond acceptors (Lipinski definition) is 2. The Bertz CT molecular complexity index is 881. The summed E-state index contributed by atoms with van der Waals surface area (Å²) in [5.74, 6) is 0.496. The average molecular weight is 344 g/mol. The van der Waals surface area contributed by atoms with E-state index < -0.39 is 0 Å². The number of rotatable bonds is 5. The van der Waals surface area contributed by atoms with Gasteiger partial charge in [0.1, 0.15) is 0 Å². The van der Waals surface area contributed by atoms with Crippen molar-refractivity contribution in [1.29, 1.82) is 0 Å². The third kappa shape index (κ3) is 4.57. The van der Waals surface area contributed by atoms with Gasteiger partial charge in [-0.1, -0.05) is 50.2 Å². The maximum Gasteiger partial charge on any atom is 0.228 e. The Labute approximate surface area is 155 Å². The van der Waals surface area contributed by atoms with Gasteiger partial charge in [-0.25, -0.2) is 0 Å². The lowest BCUT2D eigenvalue weighted by Crippen LogP contribution is -2.14. The van der Waals surface area contributed by atoms with Crippen LogP contribution in [0.3, 0.4) is 0 Å². The summed E-state index contributed by atoms with van der Waals surface area (Å²) in [5.41, 5.74) is 6.34. The van der Waals surface area contributed by atoms with Crippen LogP contribution in [0, 0.1) is 6.92 Å². The molecule has 0 spiro atoms. The van der Waals surface area contributed by atoms with Gasteiger partial charge in [0, 0.05) is 17.6 Å². The number of pyridine rings is 1. The Morgan fingerprint density at radius 1 is 0.962 bits per heavy atom. The molecule has 3 rings (SSSR count). The van der Waals surface area contributed by atoms with Crippen LogP contribution in [-0.2, 0) is 11.2 Å². The normalized spacial score (nSPS) is 10.8. The van der Waals surface area contributed by atoms with E-state index in [4.69, 9.17) is 0 Å². The van der Waals surface area contributed by atoms with Crippen molar-refractivity contribution in [3.05, 3.63) is 83.7 Å². The number of nitrogens with one attached hydrogen (secondary N) is 1. The molecule has 0 aliphatic heterocycles. The van der Waals surface area contributed by atoms with Crippen LogP contribution < -0.4 is 5.32 Å². The fraction of sp³-hybridized carbons (Fsp3) is 0.217. The maximum atomic E-state index is 12.3. The molecule has 2 aromatic carbocycles. The highest BCUT2D eigenvalue weighted by molar-refractivity contribution is 5.92. The summed E-state index contributed by atoms with van der Waals surface area (Å²) in [5, 5.41) is 2.97. The minimum atomic E-state index is -0.00481. The number of aromatic nitrogens is 1. The van der Waals surface area contributed by atoms with Crippen LogP contribution in [0.2, 0.25) is 0 Å². The Kier molecular flexibility index (Phi) is 5.47. The summed E-state index contributed by atoms with van der Waals surface area (Å²) >= 11 is 0. The molecular weight excluding hydrogens is 320 g/mol. The number of benzene rings is 2. The lowest BCUT2D eigenvalue weighted by atomic mass is 10.0. The lowest BCUT2D eigenvalue weighted by Gasteiger charge is -2.09. The van der Waals surface area contributed by atoms with Crippen LogP contribution in [0.5, 0.6) is 0 Å². The molecule has 132 valence electrons. The second kappa shape index (κ2) is 7.96. The molecule has 1 heterocycles. The number of amides is 1. The minimum Gasteiger partial charge on any atom is -0.326 e. The third-order valence-electron chi connectivity index (χ3n) is 4.41. The first kappa shape index (κ1) is 17.9. The van der Waals surface area contributed by atoms with Crippen molar-refractivity contribution in [1.82, 2.24) is 4.98 Å². The van der Waals surface area contributed by atoms with Crippen molar-refractivity contribution >= 4 is 11.6 Å². The van der Waals surface area contributed by atoms with Crippen LogP contribution in [0.1, 0.15) is 36.6 Å². The van der Waals surface area contributed by atoms with E-state index in [1.807, 2.05) is 55.6 Å². The molecule has 3 aromatic rings. The van der Waals surface area contributed by atoms with E-state index in [2.05, 4.69) is 42.3 Å². The maximum absolute atomic E-state index is 12.3. The first-order valence-electron chi connectivity index (χ1n) is 8.93. The quantitative estimate of drug-likeness (QED) is 0.677. The fourth-order valence-corrected chi connectivity index (χ4v) is 2.88. The SMILES string of the molecule is Cc1cc(-c2ccc(NC(=O)Cc3ccc(C(C)C)cc3)cc2)ccn1. The van der Waals surface area contributed by atoms with E-state index in [1.54, 1.807) is 0 Å². The smallest absolute Gasteiger partial charge is 0.228 e. The van der Waals surface area contributed by atoms with Gasteiger partial charge in [-0.05, 0) is 59.4 Å². The Balaban J connectivity index is 1.62. The molecule has 1 amide bonds. The number of carbonyl (C=O) groups excluding carboxylic acids is 1. The zero-order valence-corrected chi connectivity index (χ0v) is 15.5. The van der Waals surface area contributed by atoms with Gasteiger partial charge in [-0.2, -0.15) is 0 Å². The Morgan fingerprint density at radius 2 is 1.65 bits per heavy atom. The highest BCUT2D eigenvalue weighted by atomic mass is 16.1. The summed E-state index contributed by atoms with van der Waals surface area (Å²) < 4.78 is 0. The molecule has 0 fully saturated rings. The molecule has 0 atom stereocenters. The molecule has 0 bridgehead atoms. The van der Waals surface area contributed by atoms with E-state index in [9.17, 15) is 4.79 Å². The van der Waals surface area contributed by atoms with Crippen molar-refractivity contribution < 1.29 is 4.79 Å². The van der Waals surface area contributed by atoms with E-state index >= 15 is 0 Å². The highest BCUT2D eigenvalue weighted by Gasteiger charge is 2.06. The summed E-state index contributed by atoms with van der Waals surface area (Å²) in [6.07, 6.45) is 2.19. The topological polar surface area (TPSA) is 42.0 Å². The van der Waals surface area contributed by atoms with Crippen LogP contribution in [0.4, 0.5) is 5.69 Å². The molecule has 1 N–H and O–H groups in total. The molecule has 0 unspecified atom stereocenters. The Morgan fingerprint density at radius 3 is 2.27 bits per heavy atom. The molecule has 3 heteroatoms. The summed E-state index contributed by atoms with van der Waals surface area (Å²) in [4.78, 5) is 16.5. The van der Waals surface area contributed by atoms with Crippen molar-refractivity contribution in [3.63, 3.8) is 0 Å². The monoisotopic (exact) mass is 344 g/mol. The summed E-state index contributed by atoms with van der Waals surface area (Å²) in [6, 6.07) is 20.2. The van der Waals surface area contributed by atoms with Crippen molar-refractivity contribution in [2.75, 3.05) is 5.32 Å². The third-order valence-corrected chi connectivity index (χ3v) is 4.41. The standard InChI is InChI=1S/C23H24N2O/c1-16(2)19-6-4-18(5-7-19)15-23(26)25-22-10-8-20(9-11-22)21-12-13-24-17(3)14-21/h4-14,16H,15H2,1-3H3,(H,25,26). The zero-order chi connectivity index (χ0) is 18.5. The van der Waals surface area contributed by atoms with Crippen molar-refractivity contribution in [3.8, 4) is 11.1 Å². The number of nitrogens with zero attached hydrogens (tertiary/aromatic N) is 1. The average Bonchev–Trinajstić information content (AvgIpc) is 2.62. The van der Waals surface area contributed by atoms with Gasteiger partial charge in [0.15, 0.2) is 0 Å². The number of anilines is 1. The van der Waals surface area contributed by atoms with E-state index in [0.29, 0.717) is 12.3 Å². The van der Waals surface area contributed by atoms with Gasteiger partial charge >= 0.3 is 0 Å². The minimum absolute atomic E-state index is 0.00481. The molecule has 1 aromatic heterocycles. The van der Waals surface area contributed by atoms with Gasteiger partial charge in [-0.3, -0.25) is 9.78 Å². The summed E-state index contributed by atoms with van der Waals surface area (Å²) in [7, 11) is 0. The second-order valence-electron chi connectivity index (χ2n) is 6.88. The largest absolute Gasteiger partial charge is 0.326 e. The molecule has 0 saturated heterocycles. The highest BCUT2D eigenvalue weighted by Crippen LogP contribution is 2.22. The predicted octanol–water partition coefficient (Wildman–Crippen LogP) is 5.36. The van der Waals surface area contributed by atoms with Gasteiger partial charge in [0.2, 0.25) is 5.91 Å².